The van der Waals surface area contributed by atoms with Gasteiger partial charge in [0.05, 0.1) is 37.3 Å². The van der Waals surface area contributed by atoms with Crippen LogP contribution in [-0.2, 0) is 0 Å². The number of piperidine rings is 6. The van der Waals surface area contributed by atoms with Gasteiger partial charge in [0.2, 0.25) is 11.8 Å². The molecule has 13 rings (SSSR count). The first-order valence-corrected chi connectivity index (χ1v) is 24.2. The fraction of sp³-hybridized carbons (Fsp3) is 0.393. The van der Waals surface area contributed by atoms with Crippen molar-refractivity contribution in [2.45, 2.75) is 76.7 Å². The minimum absolute atomic E-state index is 0.106. The van der Waals surface area contributed by atoms with Gasteiger partial charge in [-0.3, -0.25) is 19.8 Å². The van der Waals surface area contributed by atoms with Gasteiger partial charge < -0.3 is 18.9 Å². The van der Waals surface area contributed by atoms with Crippen LogP contribution in [-0.4, -0.2) is 82.2 Å². The highest BCUT2D eigenvalue weighted by molar-refractivity contribution is 5.85. The Morgan fingerprint density at radius 2 is 1.05 bits per heavy atom. The summed E-state index contributed by atoms with van der Waals surface area (Å²) in [6, 6.07) is 37.4. The number of pyridine rings is 2. The number of hydrogen-bond acceptors (Lipinski definition) is 10. The molecule has 6 fully saturated rings. The van der Waals surface area contributed by atoms with Crippen LogP contribution in [0.1, 0.15) is 75.7 Å². The molecule has 10 heteroatoms. The van der Waals surface area contributed by atoms with E-state index >= 15 is 0 Å². The van der Waals surface area contributed by atoms with Crippen molar-refractivity contribution >= 4 is 21.8 Å². The quantitative estimate of drug-likeness (QED) is 0.105. The maximum Gasteiger partial charge on any atom is 0.229 e. The van der Waals surface area contributed by atoms with Crippen LogP contribution in [0.4, 0.5) is 0 Å². The highest BCUT2D eigenvalue weighted by Gasteiger charge is 2.47. The molecular formula is C56H60N6O4. The van der Waals surface area contributed by atoms with Gasteiger partial charge in [0.1, 0.15) is 29.3 Å². The molecule has 7 unspecified atom stereocenters. The molecule has 0 saturated carbocycles. The van der Waals surface area contributed by atoms with E-state index in [1.54, 1.807) is 14.2 Å². The minimum Gasteiger partial charge on any atom is -0.497 e. The summed E-state index contributed by atoms with van der Waals surface area (Å²) in [6.45, 7) is 8.88. The van der Waals surface area contributed by atoms with Crippen molar-refractivity contribution in [3.63, 3.8) is 0 Å². The van der Waals surface area contributed by atoms with Crippen LogP contribution in [0.2, 0.25) is 0 Å². The molecule has 4 aromatic carbocycles. The van der Waals surface area contributed by atoms with Gasteiger partial charge in [-0.05, 0) is 117 Å². The second-order valence-electron chi connectivity index (χ2n) is 18.9. The first kappa shape index (κ1) is 42.5. The van der Waals surface area contributed by atoms with E-state index in [1.807, 2.05) is 54.9 Å². The van der Waals surface area contributed by atoms with Gasteiger partial charge in [0.15, 0.2) is 5.82 Å². The fourth-order valence-electron chi connectivity index (χ4n) is 12.1. The highest BCUT2D eigenvalue weighted by atomic mass is 16.5. The second-order valence-corrected chi connectivity index (χ2v) is 18.9. The summed E-state index contributed by atoms with van der Waals surface area (Å²) in [5.74, 6) is 5.70. The molecule has 0 N–H and O–H groups in total. The predicted molar refractivity (Wildman–Crippen MR) is 260 cm³/mol. The van der Waals surface area contributed by atoms with Gasteiger partial charge in [0.25, 0.3) is 0 Å². The number of methoxy groups -OCH3 is 2. The van der Waals surface area contributed by atoms with Crippen LogP contribution < -0.4 is 18.9 Å². The molecule has 9 heterocycles. The van der Waals surface area contributed by atoms with Gasteiger partial charge in [0, 0.05) is 52.9 Å². The zero-order valence-corrected chi connectivity index (χ0v) is 38.6. The summed E-state index contributed by atoms with van der Waals surface area (Å²) < 4.78 is 27.2. The summed E-state index contributed by atoms with van der Waals surface area (Å²) in [7, 11) is 3.44. The molecular weight excluding hydrogens is 821 g/mol. The normalized spacial score (nSPS) is 25.4. The summed E-state index contributed by atoms with van der Waals surface area (Å²) >= 11 is 0. The van der Waals surface area contributed by atoms with Crippen LogP contribution in [0, 0.1) is 23.7 Å². The Morgan fingerprint density at radius 1 is 0.576 bits per heavy atom. The van der Waals surface area contributed by atoms with Crippen LogP contribution in [0.15, 0.2) is 122 Å². The summed E-state index contributed by atoms with van der Waals surface area (Å²) in [4.78, 5) is 26.0. The second kappa shape index (κ2) is 18.3. The van der Waals surface area contributed by atoms with Crippen molar-refractivity contribution in [1.82, 2.24) is 29.7 Å². The molecule has 66 heavy (non-hydrogen) atoms. The average molecular weight is 881 g/mol. The van der Waals surface area contributed by atoms with Crippen LogP contribution in [0.3, 0.4) is 0 Å². The average Bonchev–Trinajstić information content (AvgIpc) is 3.39. The lowest BCUT2D eigenvalue weighted by atomic mass is 9.72. The molecule has 0 radical (unpaired) electrons. The van der Waals surface area contributed by atoms with Crippen molar-refractivity contribution in [2.24, 2.45) is 23.7 Å². The third kappa shape index (κ3) is 7.91. The van der Waals surface area contributed by atoms with Crippen molar-refractivity contribution < 1.29 is 18.9 Å². The van der Waals surface area contributed by atoms with Crippen molar-refractivity contribution in [1.29, 1.82) is 0 Å². The summed E-state index contributed by atoms with van der Waals surface area (Å²) in [5.41, 5.74) is 6.48. The lowest BCUT2D eigenvalue weighted by Gasteiger charge is -2.52. The van der Waals surface area contributed by atoms with Gasteiger partial charge in [-0.25, -0.2) is 0 Å². The molecule has 6 aliphatic rings. The zero-order chi connectivity index (χ0) is 44.7. The largest absolute Gasteiger partial charge is 0.497 e. The number of hydrogen-bond donors (Lipinski definition) is 0. The number of aromatic nitrogens is 4. The minimum atomic E-state index is -0.393. The molecule has 10 nitrogen and oxygen atoms in total. The van der Waals surface area contributed by atoms with Gasteiger partial charge in [-0.1, -0.05) is 87.4 Å². The van der Waals surface area contributed by atoms with E-state index in [0.717, 1.165) is 100 Å². The van der Waals surface area contributed by atoms with E-state index < -0.39 is 12.2 Å². The monoisotopic (exact) mass is 880 g/mol. The van der Waals surface area contributed by atoms with Gasteiger partial charge >= 0.3 is 0 Å². The van der Waals surface area contributed by atoms with Crippen LogP contribution >= 0.6 is 0 Å². The zero-order valence-electron chi connectivity index (χ0n) is 38.6. The molecule has 6 aliphatic heterocycles. The van der Waals surface area contributed by atoms with E-state index in [-0.39, 0.29) is 12.1 Å². The van der Waals surface area contributed by atoms with Crippen molar-refractivity contribution in [3.8, 4) is 45.8 Å². The molecule has 4 bridgehead atoms. The lowest BCUT2D eigenvalue weighted by molar-refractivity contribution is -0.0510. The molecule has 6 saturated heterocycles. The Morgan fingerprint density at radius 3 is 1.47 bits per heavy atom. The maximum atomic E-state index is 7.76. The lowest BCUT2D eigenvalue weighted by Crippen LogP contribution is -2.56. The number of nitrogens with zero attached hydrogens (tertiary/aromatic N) is 6. The Hall–Kier alpha value is -6.10. The van der Waals surface area contributed by atoms with Gasteiger partial charge in [-0.2, -0.15) is 9.97 Å². The molecule has 3 aromatic heterocycles. The standard InChI is InChI=1S/C56H60N6O4/c1-5-35-33-61-27-23-39(35)29-49(61)52(43-21-25-57-47-19-17-41(63-3)31-45(43)47)65-55-51(37-13-9-7-10-14-37)56(60-54(59-55)38-15-11-8-12-16-38)66-53(50-30-40-24-28-62(50)34-36(40)6-2)44-22-26-58-48-20-18-42(64-4)32-46(44)48/h7-22,25-26,31-32,35-36,39-40,49-50,52-53H,5-6,23-24,27-30,33-34H2,1-4H3/t35-,36?,39?,40?,49?,50?,52-,53-/m0/s1. The SMILES string of the molecule is CCC1CN2CCC1CC2[C@@H](Oc1nc(-c2ccccc2)nc(O[C@@H](c2ccnc3ccc(OC)cc23)C2CC3CCN2C[C@@H]3CC)c1-c1ccccc1)c1ccnc2ccc(OC)cc12. The first-order chi connectivity index (χ1) is 32.5. The summed E-state index contributed by atoms with van der Waals surface area (Å²) in [5, 5.41) is 2.02. The van der Waals surface area contributed by atoms with E-state index in [1.165, 1.54) is 25.7 Å². The van der Waals surface area contributed by atoms with Crippen LogP contribution in [0.25, 0.3) is 44.3 Å². The Balaban J connectivity index is 1.13. The van der Waals surface area contributed by atoms with E-state index in [9.17, 15) is 0 Å². The van der Waals surface area contributed by atoms with Crippen molar-refractivity contribution in [3.05, 3.63) is 133 Å². The molecule has 0 amide bonds. The van der Waals surface area contributed by atoms with E-state index in [0.29, 0.717) is 41.3 Å². The Labute approximate surface area is 388 Å². The fourth-order valence-corrected chi connectivity index (χ4v) is 12.1. The molecule has 0 aliphatic carbocycles. The van der Waals surface area contributed by atoms with E-state index in [4.69, 9.17) is 38.9 Å². The number of ether oxygens (including phenoxy) is 4. The molecule has 10 atom stereocenters. The molecule has 7 aromatic rings. The molecule has 338 valence electrons. The predicted octanol–water partition coefficient (Wildman–Crippen LogP) is 11.4. The van der Waals surface area contributed by atoms with Crippen molar-refractivity contribution in [2.75, 3.05) is 40.4 Å². The van der Waals surface area contributed by atoms with Crippen LogP contribution in [0.5, 0.6) is 23.3 Å². The molecule has 0 spiro atoms. The first-order valence-electron chi connectivity index (χ1n) is 24.2. The third-order valence-corrected chi connectivity index (χ3v) is 15.6. The number of rotatable bonds is 14. The number of fused-ring (bicyclic) bond motifs is 8. The number of benzene rings is 4. The van der Waals surface area contributed by atoms with Gasteiger partial charge in [-0.15, -0.1) is 0 Å². The topological polar surface area (TPSA) is 95.0 Å². The smallest absolute Gasteiger partial charge is 0.229 e. The highest BCUT2D eigenvalue weighted by Crippen LogP contribution is 2.50. The maximum absolute atomic E-state index is 7.76. The Kier molecular flexibility index (Phi) is 11.8. The third-order valence-electron chi connectivity index (χ3n) is 15.6. The van der Waals surface area contributed by atoms with E-state index in [2.05, 4.69) is 90.4 Å². The Bertz CT molecular complexity index is 2680. The summed E-state index contributed by atoms with van der Waals surface area (Å²) in [6.07, 6.45) is 9.90.